The standard InChI is InChI=1S/C21H21IN2O5S/c1-28-14-9-11(8-13(22)18(14)29-10-16(25)26)19-23-20(27)17-12-6-4-2-3-5-7-15(12)30-21(17)24-19/h8-9H,2-7,10H2,1H3,(H,25,26)(H,23,24,27). The third-order valence-corrected chi connectivity index (χ3v) is 7.15. The lowest BCUT2D eigenvalue weighted by atomic mass is 9.98. The molecule has 0 fully saturated rings. The molecule has 9 heteroatoms. The van der Waals surface area contributed by atoms with Crippen molar-refractivity contribution in [1.82, 2.24) is 9.97 Å². The summed E-state index contributed by atoms with van der Waals surface area (Å²) in [6, 6.07) is 3.50. The third kappa shape index (κ3) is 4.18. The van der Waals surface area contributed by atoms with Crippen LogP contribution in [-0.2, 0) is 17.6 Å². The summed E-state index contributed by atoms with van der Waals surface area (Å²) in [5, 5.41) is 9.61. The first-order valence-electron chi connectivity index (χ1n) is 9.75. The highest BCUT2D eigenvalue weighted by Crippen LogP contribution is 2.38. The number of rotatable bonds is 5. The van der Waals surface area contributed by atoms with Crippen LogP contribution in [0, 0.1) is 3.57 Å². The van der Waals surface area contributed by atoms with E-state index in [2.05, 4.69) is 27.6 Å². The van der Waals surface area contributed by atoms with E-state index in [-0.39, 0.29) is 5.56 Å². The molecule has 1 aliphatic carbocycles. The van der Waals surface area contributed by atoms with Gasteiger partial charge in [0.2, 0.25) is 0 Å². The summed E-state index contributed by atoms with van der Waals surface area (Å²) in [4.78, 5) is 33.6. The zero-order chi connectivity index (χ0) is 21.3. The number of halogens is 1. The van der Waals surface area contributed by atoms with Crippen LogP contribution in [0.25, 0.3) is 21.6 Å². The lowest BCUT2D eigenvalue weighted by Crippen LogP contribution is -2.12. The Morgan fingerprint density at radius 2 is 2.03 bits per heavy atom. The second-order valence-electron chi connectivity index (χ2n) is 7.18. The fraction of sp³-hybridized carbons (Fsp3) is 0.381. The maximum absolute atomic E-state index is 13.0. The number of hydrogen-bond donors (Lipinski definition) is 2. The summed E-state index contributed by atoms with van der Waals surface area (Å²) in [7, 11) is 1.49. The first-order chi connectivity index (χ1) is 14.5. The first kappa shape index (κ1) is 21.1. The highest BCUT2D eigenvalue weighted by Gasteiger charge is 2.20. The fourth-order valence-electron chi connectivity index (χ4n) is 3.78. The molecule has 1 aromatic carbocycles. The van der Waals surface area contributed by atoms with Gasteiger partial charge in [0.05, 0.1) is 16.1 Å². The Morgan fingerprint density at radius 1 is 1.27 bits per heavy atom. The van der Waals surface area contributed by atoms with Crippen molar-refractivity contribution in [2.24, 2.45) is 0 Å². The zero-order valence-electron chi connectivity index (χ0n) is 16.4. The number of ether oxygens (including phenoxy) is 2. The molecule has 0 spiro atoms. The van der Waals surface area contributed by atoms with Gasteiger partial charge in [-0.3, -0.25) is 4.79 Å². The van der Waals surface area contributed by atoms with Gasteiger partial charge in [0.25, 0.3) is 5.56 Å². The van der Waals surface area contributed by atoms with Gasteiger partial charge in [-0.05, 0) is 66.0 Å². The number of aromatic amines is 1. The molecule has 4 rings (SSSR count). The Kier molecular flexibility index (Phi) is 6.28. The molecule has 0 aliphatic heterocycles. The van der Waals surface area contributed by atoms with Crippen LogP contribution >= 0.6 is 33.9 Å². The van der Waals surface area contributed by atoms with E-state index in [4.69, 9.17) is 19.6 Å². The minimum absolute atomic E-state index is 0.117. The monoisotopic (exact) mass is 540 g/mol. The van der Waals surface area contributed by atoms with Crippen LogP contribution in [-0.4, -0.2) is 34.8 Å². The molecule has 7 nitrogen and oxygen atoms in total. The number of fused-ring (bicyclic) bond motifs is 3. The number of H-pyrrole nitrogens is 1. The molecule has 0 unspecified atom stereocenters. The lowest BCUT2D eigenvalue weighted by molar-refractivity contribution is -0.139. The Balaban J connectivity index is 1.79. The van der Waals surface area contributed by atoms with Crippen molar-refractivity contribution in [2.75, 3.05) is 13.7 Å². The van der Waals surface area contributed by atoms with E-state index in [0.29, 0.717) is 26.5 Å². The van der Waals surface area contributed by atoms with Crippen molar-refractivity contribution >= 4 is 50.1 Å². The van der Waals surface area contributed by atoms with Crippen LogP contribution in [0.1, 0.15) is 36.1 Å². The number of aryl methyl sites for hydroxylation is 2. The zero-order valence-corrected chi connectivity index (χ0v) is 19.4. The van der Waals surface area contributed by atoms with Crippen LogP contribution in [0.4, 0.5) is 0 Å². The van der Waals surface area contributed by atoms with Crippen molar-refractivity contribution < 1.29 is 19.4 Å². The number of benzene rings is 1. The molecular formula is C21H21IN2O5S. The molecule has 158 valence electrons. The van der Waals surface area contributed by atoms with Crippen molar-refractivity contribution in [2.45, 2.75) is 38.5 Å². The van der Waals surface area contributed by atoms with Crippen LogP contribution in [0.5, 0.6) is 11.5 Å². The quantitative estimate of drug-likeness (QED) is 0.466. The van der Waals surface area contributed by atoms with E-state index in [1.54, 1.807) is 23.5 Å². The van der Waals surface area contributed by atoms with Crippen molar-refractivity contribution in [3.8, 4) is 22.9 Å². The fourth-order valence-corrected chi connectivity index (χ4v) is 5.80. The van der Waals surface area contributed by atoms with Gasteiger partial charge in [0, 0.05) is 10.4 Å². The van der Waals surface area contributed by atoms with E-state index < -0.39 is 12.6 Å². The summed E-state index contributed by atoms with van der Waals surface area (Å²) >= 11 is 3.68. The number of thiophene rings is 1. The average molecular weight is 540 g/mol. The summed E-state index contributed by atoms with van der Waals surface area (Å²) in [5.41, 5.74) is 1.73. The molecule has 0 saturated carbocycles. The minimum atomic E-state index is -1.07. The minimum Gasteiger partial charge on any atom is -0.493 e. The maximum Gasteiger partial charge on any atom is 0.341 e. The molecule has 3 aromatic rings. The van der Waals surface area contributed by atoms with Crippen LogP contribution in [0.3, 0.4) is 0 Å². The molecular weight excluding hydrogens is 519 g/mol. The summed E-state index contributed by atoms with van der Waals surface area (Å²) in [6.07, 6.45) is 6.63. The van der Waals surface area contributed by atoms with Gasteiger partial charge < -0.3 is 19.6 Å². The molecule has 30 heavy (non-hydrogen) atoms. The van der Waals surface area contributed by atoms with E-state index in [1.807, 2.05) is 0 Å². The molecule has 2 heterocycles. The van der Waals surface area contributed by atoms with E-state index >= 15 is 0 Å². The second kappa shape index (κ2) is 8.93. The van der Waals surface area contributed by atoms with Crippen molar-refractivity contribution in [3.05, 3.63) is 36.5 Å². The number of carboxylic acid groups (broad SMARTS) is 1. The predicted molar refractivity (Wildman–Crippen MR) is 124 cm³/mol. The number of methoxy groups -OCH3 is 1. The van der Waals surface area contributed by atoms with Crippen molar-refractivity contribution in [1.29, 1.82) is 0 Å². The van der Waals surface area contributed by atoms with E-state index in [1.165, 1.54) is 30.4 Å². The third-order valence-electron chi connectivity index (χ3n) is 5.17. The Morgan fingerprint density at radius 3 is 2.77 bits per heavy atom. The van der Waals surface area contributed by atoms with Gasteiger partial charge in [-0.15, -0.1) is 11.3 Å². The number of hydrogen-bond acceptors (Lipinski definition) is 6. The lowest BCUT2D eigenvalue weighted by Gasteiger charge is -2.13. The van der Waals surface area contributed by atoms with Crippen LogP contribution < -0.4 is 15.0 Å². The van der Waals surface area contributed by atoms with Gasteiger partial charge in [-0.2, -0.15) is 0 Å². The second-order valence-corrected chi connectivity index (χ2v) is 9.43. The average Bonchev–Trinajstić information content (AvgIpc) is 3.03. The summed E-state index contributed by atoms with van der Waals surface area (Å²) in [6.45, 7) is -0.465. The number of aromatic nitrogens is 2. The molecule has 0 amide bonds. The Hall–Kier alpha value is -2.14. The van der Waals surface area contributed by atoms with Gasteiger partial charge in [0.1, 0.15) is 10.7 Å². The topological polar surface area (TPSA) is 102 Å². The maximum atomic E-state index is 13.0. The van der Waals surface area contributed by atoms with E-state index in [9.17, 15) is 9.59 Å². The molecule has 0 saturated heterocycles. The molecule has 0 atom stereocenters. The molecule has 0 bridgehead atoms. The van der Waals surface area contributed by atoms with Gasteiger partial charge in [-0.25, -0.2) is 9.78 Å². The van der Waals surface area contributed by atoms with Crippen LogP contribution in [0.15, 0.2) is 16.9 Å². The summed E-state index contributed by atoms with van der Waals surface area (Å²) < 4.78 is 11.4. The Bertz CT molecular complexity index is 1170. The smallest absolute Gasteiger partial charge is 0.341 e. The highest BCUT2D eigenvalue weighted by molar-refractivity contribution is 14.1. The SMILES string of the molecule is COc1cc(-c2nc3sc4c(c3c(=O)[nH]2)CCCCCC4)cc(I)c1OCC(=O)O. The van der Waals surface area contributed by atoms with Gasteiger partial charge >= 0.3 is 5.97 Å². The molecule has 0 radical (unpaired) electrons. The number of nitrogens with zero attached hydrogens (tertiary/aromatic N) is 1. The predicted octanol–water partition coefficient (Wildman–Crippen LogP) is 4.39. The number of aliphatic carboxylic acids is 1. The number of nitrogens with one attached hydrogen (secondary N) is 1. The number of carbonyl (C=O) groups is 1. The molecule has 1 aliphatic rings. The van der Waals surface area contributed by atoms with Gasteiger partial charge in [0.15, 0.2) is 18.1 Å². The van der Waals surface area contributed by atoms with E-state index in [0.717, 1.165) is 35.9 Å². The van der Waals surface area contributed by atoms with Crippen LogP contribution in [0.2, 0.25) is 0 Å². The number of carboxylic acids is 1. The largest absolute Gasteiger partial charge is 0.493 e. The Labute approximate surface area is 190 Å². The molecule has 2 aromatic heterocycles. The summed E-state index contributed by atoms with van der Waals surface area (Å²) in [5.74, 6) is 0.135. The van der Waals surface area contributed by atoms with Crippen molar-refractivity contribution in [3.63, 3.8) is 0 Å². The highest BCUT2D eigenvalue weighted by atomic mass is 127. The molecule has 2 N–H and O–H groups in total. The normalized spacial score (nSPS) is 14.1. The van der Waals surface area contributed by atoms with Gasteiger partial charge in [-0.1, -0.05) is 12.8 Å². The first-order valence-corrected chi connectivity index (χ1v) is 11.6.